The molecule has 1 rings (SSSR count). The molecule has 90 valence electrons. The van der Waals surface area contributed by atoms with Crippen LogP contribution in [0.5, 0.6) is 0 Å². The molecule has 0 aromatic rings. The number of nitrogens with zero attached hydrogens (tertiary/aromatic N) is 1. The summed E-state index contributed by atoms with van der Waals surface area (Å²) in [5.74, 6) is 0. The molecule has 1 aliphatic rings. The third kappa shape index (κ3) is 4.96. The molecule has 1 aliphatic carbocycles. The maximum atomic E-state index is 5.60. The SMILES string of the molecule is CC(C)OCCN(CCCN)C1CCC1. The molecule has 0 aliphatic heterocycles. The lowest BCUT2D eigenvalue weighted by molar-refractivity contribution is 0.0356. The van der Waals surface area contributed by atoms with Gasteiger partial charge in [0.05, 0.1) is 12.7 Å². The molecule has 0 spiro atoms. The molecule has 0 heterocycles. The Morgan fingerprint density at radius 2 is 2.07 bits per heavy atom. The van der Waals surface area contributed by atoms with E-state index in [1.807, 2.05) is 0 Å². The van der Waals surface area contributed by atoms with Crippen molar-refractivity contribution in [2.75, 3.05) is 26.2 Å². The zero-order chi connectivity index (χ0) is 11.1. The monoisotopic (exact) mass is 214 g/mol. The standard InChI is InChI=1S/C12H26N2O/c1-11(2)15-10-9-14(8-4-7-13)12-5-3-6-12/h11-12H,3-10,13H2,1-2H3. The van der Waals surface area contributed by atoms with Crippen LogP contribution in [0.3, 0.4) is 0 Å². The molecule has 2 N–H and O–H groups in total. The van der Waals surface area contributed by atoms with Gasteiger partial charge in [0.1, 0.15) is 0 Å². The van der Waals surface area contributed by atoms with Crippen molar-refractivity contribution in [2.24, 2.45) is 5.73 Å². The first kappa shape index (κ1) is 12.9. The van der Waals surface area contributed by atoms with E-state index in [9.17, 15) is 0 Å². The van der Waals surface area contributed by atoms with Crippen LogP contribution in [-0.4, -0.2) is 43.3 Å². The predicted octanol–water partition coefficient (Wildman–Crippen LogP) is 1.61. The first-order valence-electron chi connectivity index (χ1n) is 6.29. The van der Waals surface area contributed by atoms with Crippen LogP contribution in [0, 0.1) is 0 Å². The molecule has 3 heteroatoms. The molecule has 3 nitrogen and oxygen atoms in total. The predicted molar refractivity (Wildman–Crippen MR) is 64.0 cm³/mol. The first-order valence-corrected chi connectivity index (χ1v) is 6.29. The van der Waals surface area contributed by atoms with Gasteiger partial charge in [-0.2, -0.15) is 0 Å². The molecule has 0 atom stereocenters. The van der Waals surface area contributed by atoms with Crippen molar-refractivity contribution in [3.8, 4) is 0 Å². The molecule has 1 fully saturated rings. The lowest BCUT2D eigenvalue weighted by Crippen LogP contribution is -2.43. The molecule has 0 aromatic heterocycles. The Morgan fingerprint density at radius 3 is 2.53 bits per heavy atom. The Kier molecular flexibility index (Phi) is 6.22. The fourth-order valence-corrected chi connectivity index (χ4v) is 1.93. The summed E-state index contributed by atoms with van der Waals surface area (Å²) in [5.41, 5.74) is 5.56. The lowest BCUT2D eigenvalue weighted by atomic mass is 9.91. The van der Waals surface area contributed by atoms with Gasteiger partial charge in [-0.05, 0) is 46.2 Å². The van der Waals surface area contributed by atoms with Crippen LogP contribution in [0.2, 0.25) is 0 Å². The lowest BCUT2D eigenvalue weighted by Gasteiger charge is -2.37. The van der Waals surface area contributed by atoms with E-state index >= 15 is 0 Å². The maximum absolute atomic E-state index is 5.60. The van der Waals surface area contributed by atoms with Gasteiger partial charge in [0.15, 0.2) is 0 Å². The molecule has 0 saturated heterocycles. The van der Waals surface area contributed by atoms with E-state index in [0.29, 0.717) is 6.10 Å². The van der Waals surface area contributed by atoms with E-state index in [-0.39, 0.29) is 0 Å². The van der Waals surface area contributed by atoms with Gasteiger partial charge in [-0.3, -0.25) is 4.90 Å². The zero-order valence-corrected chi connectivity index (χ0v) is 10.2. The highest BCUT2D eigenvalue weighted by Gasteiger charge is 2.23. The van der Waals surface area contributed by atoms with Crippen molar-refractivity contribution >= 4 is 0 Å². The molecule has 0 amide bonds. The molecule has 0 aromatic carbocycles. The van der Waals surface area contributed by atoms with Crippen LogP contribution in [0.15, 0.2) is 0 Å². The summed E-state index contributed by atoms with van der Waals surface area (Å²) in [4.78, 5) is 2.55. The molecular weight excluding hydrogens is 188 g/mol. The van der Waals surface area contributed by atoms with E-state index < -0.39 is 0 Å². The Balaban J connectivity index is 2.16. The van der Waals surface area contributed by atoms with Gasteiger partial charge in [0.25, 0.3) is 0 Å². The molecule has 15 heavy (non-hydrogen) atoms. The van der Waals surface area contributed by atoms with E-state index in [1.165, 1.54) is 19.3 Å². The van der Waals surface area contributed by atoms with Crippen molar-refractivity contribution in [2.45, 2.75) is 51.7 Å². The van der Waals surface area contributed by atoms with Gasteiger partial charge in [0, 0.05) is 12.6 Å². The van der Waals surface area contributed by atoms with Crippen LogP contribution in [0.25, 0.3) is 0 Å². The van der Waals surface area contributed by atoms with Crippen LogP contribution < -0.4 is 5.73 Å². The quantitative estimate of drug-likeness (QED) is 0.667. The minimum Gasteiger partial charge on any atom is -0.377 e. The van der Waals surface area contributed by atoms with Gasteiger partial charge in [-0.25, -0.2) is 0 Å². The minimum atomic E-state index is 0.350. The van der Waals surface area contributed by atoms with Crippen molar-refractivity contribution in [1.29, 1.82) is 0 Å². The topological polar surface area (TPSA) is 38.5 Å². The average Bonchev–Trinajstić information content (AvgIpc) is 2.10. The molecule has 1 saturated carbocycles. The first-order chi connectivity index (χ1) is 7.24. The largest absolute Gasteiger partial charge is 0.377 e. The van der Waals surface area contributed by atoms with E-state index in [0.717, 1.165) is 38.7 Å². The smallest absolute Gasteiger partial charge is 0.0597 e. The van der Waals surface area contributed by atoms with E-state index in [4.69, 9.17) is 10.5 Å². The summed E-state index contributed by atoms with van der Waals surface area (Å²) in [6, 6.07) is 0.812. The Morgan fingerprint density at radius 1 is 1.33 bits per heavy atom. The highest BCUT2D eigenvalue weighted by Crippen LogP contribution is 2.24. The van der Waals surface area contributed by atoms with Gasteiger partial charge >= 0.3 is 0 Å². The molecule has 0 unspecified atom stereocenters. The Hall–Kier alpha value is -0.120. The van der Waals surface area contributed by atoms with Crippen LogP contribution >= 0.6 is 0 Å². The van der Waals surface area contributed by atoms with Crippen molar-refractivity contribution in [3.63, 3.8) is 0 Å². The van der Waals surface area contributed by atoms with Gasteiger partial charge in [-0.1, -0.05) is 6.42 Å². The van der Waals surface area contributed by atoms with Crippen LogP contribution in [0.4, 0.5) is 0 Å². The van der Waals surface area contributed by atoms with Crippen LogP contribution in [-0.2, 0) is 4.74 Å². The summed E-state index contributed by atoms with van der Waals surface area (Å²) in [5, 5.41) is 0. The number of ether oxygens (including phenoxy) is 1. The number of hydrogen-bond acceptors (Lipinski definition) is 3. The number of rotatable bonds is 8. The minimum absolute atomic E-state index is 0.350. The third-order valence-electron chi connectivity index (χ3n) is 3.07. The normalized spacial score (nSPS) is 17.4. The summed E-state index contributed by atoms with van der Waals surface area (Å²) in [7, 11) is 0. The van der Waals surface area contributed by atoms with E-state index in [1.54, 1.807) is 0 Å². The fraction of sp³-hybridized carbons (Fsp3) is 1.00. The number of hydrogen-bond donors (Lipinski definition) is 1. The van der Waals surface area contributed by atoms with Crippen molar-refractivity contribution in [3.05, 3.63) is 0 Å². The van der Waals surface area contributed by atoms with Gasteiger partial charge in [0.2, 0.25) is 0 Å². The summed E-state index contributed by atoms with van der Waals surface area (Å²) >= 11 is 0. The van der Waals surface area contributed by atoms with Gasteiger partial charge in [-0.15, -0.1) is 0 Å². The summed E-state index contributed by atoms with van der Waals surface area (Å²) in [6.07, 6.45) is 5.59. The molecule has 0 bridgehead atoms. The molecule has 0 radical (unpaired) electrons. The summed E-state index contributed by atoms with van der Waals surface area (Å²) < 4.78 is 5.60. The second-order valence-electron chi connectivity index (χ2n) is 4.68. The van der Waals surface area contributed by atoms with Crippen molar-refractivity contribution in [1.82, 2.24) is 4.90 Å². The second kappa shape index (κ2) is 7.20. The highest BCUT2D eigenvalue weighted by atomic mass is 16.5. The zero-order valence-electron chi connectivity index (χ0n) is 10.2. The van der Waals surface area contributed by atoms with Gasteiger partial charge < -0.3 is 10.5 Å². The Bertz CT molecular complexity index is 158. The second-order valence-corrected chi connectivity index (χ2v) is 4.68. The Labute approximate surface area is 94.0 Å². The third-order valence-corrected chi connectivity index (χ3v) is 3.07. The highest BCUT2D eigenvalue weighted by molar-refractivity contribution is 4.79. The number of nitrogens with two attached hydrogens (primary N) is 1. The van der Waals surface area contributed by atoms with Crippen LogP contribution in [0.1, 0.15) is 39.5 Å². The van der Waals surface area contributed by atoms with Crippen molar-refractivity contribution < 1.29 is 4.74 Å². The molecular formula is C12H26N2O. The fourth-order valence-electron chi connectivity index (χ4n) is 1.93. The van der Waals surface area contributed by atoms with E-state index in [2.05, 4.69) is 18.7 Å². The maximum Gasteiger partial charge on any atom is 0.0597 e. The summed E-state index contributed by atoms with van der Waals surface area (Å²) in [6.45, 7) is 8.06. The average molecular weight is 214 g/mol.